The molecule has 0 radical (unpaired) electrons. The van der Waals surface area contributed by atoms with E-state index in [2.05, 4.69) is 5.32 Å². The fourth-order valence-corrected chi connectivity index (χ4v) is 2.44. The molecule has 8 heteroatoms. The Hall–Kier alpha value is -3.42. The standard InChI is InChI=1S/C19H12F4N2O2/c20-13-3-1-2-11(8-13)9-25-10-12(4-7-16(25)26)19(27)24-15-6-5-14(21)17(22)18(15)23/h1-8,10H,9H2,(H,24,27). The van der Waals surface area contributed by atoms with Gasteiger partial charge in [0.25, 0.3) is 11.5 Å². The number of halogens is 4. The van der Waals surface area contributed by atoms with E-state index in [9.17, 15) is 27.2 Å². The van der Waals surface area contributed by atoms with Crippen molar-refractivity contribution < 1.29 is 22.4 Å². The first-order valence-electron chi connectivity index (χ1n) is 7.75. The van der Waals surface area contributed by atoms with Crippen molar-refractivity contribution in [3.05, 3.63) is 99.5 Å². The van der Waals surface area contributed by atoms with E-state index in [1.54, 1.807) is 6.07 Å². The third kappa shape index (κ3) is 4.05. The number of carbonyl (C=O) groups is 1. The zero-order valence-electron chi connectivity index (χ0n) is 13.7. The van der Waals surface area contributed by atoms with Crippen molar-refractivity contribution in [2.75, 3.05) is 5.32 Å². The summed E-state index contributed by atoms with van der Waals surface area (Å²) in [6, 6.07) is 9.49. The highest BCUT2D eigenvalue weighted by Crippen LogP contribution is 2.20. The summed E-state index contributed by atoms with van der Waals surface area (Å²) in [5.74, 6) is -5.91. The smallest absolute Gasteiger partial charge is 0.257 e. The normalized spacial score (nSPS) is 10.7. The topological polar surface area (TPSA) is 51.1 Å². The molecule has 1 heterocycles. The highest BCUT2D eigenvalue weighted by Gasteiger charge is 2.16. The number of hydrogen-bond acceptors (Lipinski definition) is 2. The summed E-state index contributed by atoms with van der Waals surface area (Å²) in [4.78, 5) is 24.2. The maximum absolute atomic E-state index is 13.7. The summed E-state index contributed by atoms with van der Waals surface area (Å²) in [5, 5.41) is 2.12. The lowest BCUT2D eigenvalue weighted by atomic mass is 10.2. The van der Waals surface area contributed by atoms with Crippen LogP contribution in [-0.2, 0) is 6.54 Å². The van der Waals surface area contributed by atoms with E-state index >= 15 is 0 Å². The molecule has 3 aromatic rings. The van der Waals surface area contributed by atoms with Crippen LogP contribution in [-0.4, -0.2) is 10.5 Å². The van der Waals surface area contributed by atoms with Gasteiger partial charge in [-0.25, -0.2) is 17.6 Å². The van der Waals surface area contributed by atoms with Crippen molar-refractivity contribution in [1.29, 1.82) is 0 Å². The third-order valence-corrected chi connectivity index (χ3v) is 3.77. The molecule has 0 bridgehead atoms. The second-order valence-corrected chi connectivity index (χ2v) is 5.69. The predicted molar refractivity (Wildman–Crippen MR) is 90.5 cm³/mol. The predicted octanol–water partition coefficient (Wildman–Crippen LogP) is 3.71. The van der Waals surface area contributed by atoms with E-state index in [0.717, 1.165) is 12.1 Å². The Bertz CT molecular complexity index is 1080. The number of carbonyl (C=O) groups excluding carboxylic acids is 1. The van der Waals surface area contributed by atoms with Gasteiger partial charge in [-0.05, 0) is 35.9 Å². The molecular weight excluding hydrogens is 364 g/mol. The van der Waals surface area contributed by atoms with Crippen LogP contribution in [0.15, 0.2) is 59.5 Å². The van der Waals surface area contributed by atoms with Crippen molar-refractivity contribution >= 4 is 11.6 Å². The first kappa shape index (κ1) is 18.4. The van der Waals surface area contributed by atoms with Gasteiger partial charge in [-0.3, -0.25) is 9.59 Å². The molecule has 27 heavy (non-hydrogen) atoms. The molecule has 138 valence electrons. The number of hydrogen-bond donors (Lipinski definition) is 1. The van der Waals surface area contributed by atoms with Crippen LogP contribution < -0.4 is 10.9 Å². The molecule has 2 aromatic carbocycles. The number of benzene rings is 2. The largest absolute Gasteiger partial charge is 0.319 e. The van der Waals surface area contributed by atoms with Crippen molar-refractivity contribution in [2.45, 2.75) is 6.54 Å². The second-order valence-electron chi connectivity index (χ2n) is 5.69. The number of nitrogens with zero attached hydrogens (tertiary/aromatic N) is 1. The van der Waals surface area contributed by atoms with E-state index in [-0.39, 0.29) is 12.1 Å². The Kier molecular flexibility index (Phi) is 5.07. The molecule has 0 unspecified atom stereocenters. The van der Waals surface area contributed by atoms with Gasteiger partial charge in [0.15, 0.2) is 17.5 Å². The van der Waals surface area contributed by atoms with Crippen LogP contribution >= 0.6 is 0 Å². The molecule has 0 aliphatic heterocycles. The van der Waals surface area contributed by atoms with Crippen LogP contribution in [0.2, 0.25) is 0 Å². The molecule has 3 rings (SSSR count). The number of amides is 1. The van der Waals surface area contributed by atoms with Crippen LogP contribution in [0.3, 0.4) is 0 Å². The minimum absolute atomic E-state index is 0.0112. The average Bonchev–Trinajstić information content (AvgIpc) is 2.64. The van der Waals surface area contributed by atoms with E-state index < -0.39 is 40.4 Å². The molecule has 0 saturated carbocycles. The third-order valence-electron chi connectivity index (χ3n) is 3.77. The van der Waals surface area contributed by atoms with E-state index in [1.807, 2.05) is 0 Å². The lowest BCUT2D eigenvalue weighted by molar-refractivity contribution is 0.102. The second kappa shape index (κ2) is 7.45. The molecular formula is C19H12F4N2O2. The lowest BCUT2D eigenvalue weighted by Crippen LogP contribution is -2.23. The molecule has 0 aliphatic carbocycles. The molecule has 4 nitrogen and oxygen atoms in total. The molecule has 1 aromatic heterocycles. The average molecular weight is 376 g/mol. The molecule has 1 amide bonds. The van der Waals surface area contributed by atoms with E-state index in [1.165, 1.54) is 35.0 Å². The monoisotopic (exact) mass is 376 g/mol. The molecule has 0 saturated heterocycles. The SMILES string of the molecule is O=C(Nc1ccc(F)c(F)c1F)c1ccc(=O)n(Cc2cccc(F)c2)c1. The maximum atomic E-state index is 13.7. The summed E-state index contributed by atoms with van der Waals surface area (Å²) in [6.45, 7) is 0.0112. The van der Waals surface area contributed by atoms with Gasteiger partial charge in [-0.1, -0.05) is 12.1 Å². The molecule has 0 fully saturated rings. The molecule has 0 atom stereocenters. The quantitative estimate of drug-likeness (QED) is 0.558. The van der Waals surface area contributed by atoms with Gasteiger partial charge in [0, 0.05) is 12.3 Å². The molecule has 0 spiro atoms. The first-order chi connectivity index (χ1) is 12.8. The van der Waals surface area contributed by atoms with Gasteiger partial charge in [0.1, 0.15) is 5.82 Å². The molecule has 0 aliphatic rings. The first-order valence-corrected chi connectivity index (χ1v) is 7.75. The number of nitrogens with one attached hydrogen (secondary N) is 1. The van der Waals surface area contributed by atoms with Crippen LogP contribution in [0, 0.1) is 23.3 Å². The van der Waals surface area contributed by atoms with Gasteiger partial charge in [-0.2, -0.15) is 0 Å². The van der Waals surface area contributed by atoms with Crippen molar-refractivity contribution in [1.82, 2.24) is 4.57 Å². The van der Waals surface area contributed by atoms with Crippen LogP contribution in [0.5, 0.6) is 0 Å². The number of aromatic nitrogens is 1. The number of anilines is 1. The summed E-state index contributed by atoms with van der Waals surface area (Å²) in [7, 11) is 0. The van der Waals surface area contributed by atoms with Gasteiger partial charge in [0.2, 0.25) is 0 Å². The summed E-state index contributed by atoms with van der Waals surface area (Å²) in [6.07, 6.45) is 1.21. The summed E-state index contributed by atoms with van der Waals surface area (Å²) < 4.78 is 54.4. The van der Waals surface area contributed by atoms with Gasteiger partial charge in [0.05, 0.1) is 17.8 Å². The van der Waals surface area contributed by atoms with Gasteiger partial charge < -0.3 is 9.88 Å². The maximum Gasteiger partial charge on any atom is 0.257 e. The Morgan fingerprint density at radius 1 is 0.963 bits per heavy atom. The summed E-state index contributed by atoms with van der Waals surface area (Å²) >= 11 is 0. The Balaban J connectivity index is 1.86. The Morgan fingerprint density at radius 2 is 1.74 bits per heavy atom. The number of pyridine rings is 1. The van der Waals surface area contributed by atoms with Gasteiger partial charge >= 0.3 is 0 Å². The van der Waals surface area contributed by atoms with E-state index in [0.29, 0.717) is 11.6 Å². The zero-order valence-corrected chi connectivity index (χ0v) is 13.7. The highest BCUT2D eigenvalue weighted by atomic mass is 19.2. The van der Waals surface area contributed by atoms with Crippen LogP contribution in [0.4, 0.5) is 23.2 Å². The fraction of sp³-hybridized carbons (Fsp3) is 0.0526. The summed E-state index contributed by atoms with van der Waals surface area (Å²) in [5.41, 5.74) is -0.493. The minimum atomic E-state index is -1.70. The van der Waals surface area contributed by atoms with Crippen LogP contribution in [0.1, 0.15) is 15.9 Å². The zero-order chi connectivity index (χ0) is 19.6. The van der Waals surface area contributed by atoms with Crippen molar-refractivity contribution in [3.63, 3.8) is 0 Å². The fourth-order valence-electron chi connectivity index (χ4n) is 2.44. The van der Waals surface area contributed by atoms with Crippen molar-refractivity contribution in [3.8, 4) is 0 Å². The minimum Gasteiger partial charge on any atom is -0.319 e. The number of rotatable bonds is 4. The van der Waals surface area contributed by atoms with Crippen LogP contribution in [0.25, 0.3) is 0 Å². The lowest BCUT2D eigenvalue weighted by Gasteiger charge is -2.10. The molecule has 1 N–H and O–H groups in total. The highest BCUT2D eigenvalue weighted by molar-refractivity contribution is 6.04. The van der Waals surface area contributed by atoms with Gasteiger partial charge in [-0.15, -0.1) is 0 Å². The van der Waals surface area contributed by atoms with Crippen molar-refractivity contribution in [2.24, 2.45) is 0 Å². The Morgan fingerprint density at radius 3 is 2.48 bits per heavy atom. The Labute approximate surface area is 150 Å². The van der Waals surface area contributed by atoms with E-state index in [4.69, 9.17) is 0 Å².